The van der Waals surface area contributed by atoms with E-state index in [1.807, 2.05) is 0 Å². The highest BCUT2D eigenvalue weighted by molar-refractivity contribution is 7.90. The van der Waals surface area contributed by atoms with E-state index in [0.717, 1.165) is 6.42 Å². The number of nitrogens with zero attached hydrogens (tertiary/aromatic N) is 1. The van der Waals surface area contributed by atoms with Gasteiger partial charge in [0.25, 0.3) is 10.0 Å². The Morgan fingerprint density at radius 1 is 1.08 bits per heavy atom. The maximum atomic E-state index is 12.4. The molecule has 0 amide bonds. The lowest BCUT2D eigenvalue weighted by Gasteiger charge is -2.08. The standard InChI is InChI=1S/C17H17NO5S/c1-21-15-6-3-2-5-13(15)12-18-24(19,20)14-7-8-16-17(11-14)23-10-4-9-22-16/h2-3,5-8,11-12H,4,9-10H2,1H3. The van der Waals surface area contributed by atoms with Crippen LogP contribution in [0.5, 0.6) is 17.2 Å². The van der Waals surface area contributed by atoms with Gasteiger partial charge in [0, 0.05) is 18.1 Å². The summed E-state index contributed by atoms with van der Waals surface area (Å²) in [5.74, 6) is 1.51. The molecule has 24 heavy (non-hydrogen) atoms. The van der Waals surface area contributed by atoms with Gasteiger partial charge in [0.15, 0.2) is 11.5 Å². The van der Waals surface area contributed by atoms with Gasteiger partial charge in [-0.3, -0.25) is 0 Å². The number of para-hydroxylation sites is 1. The van der Waals surface area contributed by atoms with Crippen molar-refractivity contribution in [3.05, 3.63) is 48.0 Å². The summed E-state index contributed by atoms with van der Waals surface area (Å²) in [6.07, 6.45) is 2.03. The number of hydrogen-bond donors (Lipinski definition) is 0. The minimum absolute atomic E-state index is 0.0536. The molecule has 3 rings (SSSR count). The van der Waals surface area contributed by atoms with Crippen molar-refractivity contribution in [3.63, 3.8) is 0 Å². The topological polar surface area (TPSA) is 74.2 Å². The maximum Gasteiger partial charge on any atom is 0.282 e. The lowest BCUT2D eigenvalue weighted by molar-refractivity contribution is 0.297. The summed E-state index contributed by atoms with van der Waals surface area (Å²) in [5.41, 5.74) is 0.581. The number of benzene rings is 2. The molecule has 2 aromatic carbocycles. The summed E-state index contributed by atoms with van der Waals surface area (Å²) >= 11 is 0. The first-order valence-corrected chi connectivity index (χ1v) is 8.87. The van der Waals surface area contributed by atoms with E-state index in [4.69, 9.17) is 14.2 Å². The molecule has 1 aliphatic heterocycles. The molecule has 1 aliphatic rings. The molecule has 0 aromatic heterocycles. The quantitative estimate of drug-likeness (QED) is 0.795. The van der Waals surface area contributed by atoms with Crippen LogP contribution in [-0.2, 0) is 10.0 Å². The van der Waals surface area contributed by atoms with Crippen LogP contribution in [0.2, 0.25) is 0 Å². The van der Waals surface area contributed by atoms with Crippen LogP contribution in [0.15, 0.2) is 51.8 Å². The van der Waals surface area contributed by atoms with Crippen LogP contribution >= 0.6 is 0 Å². The van der Waals surface area contributed by atoms with Gasteiger partial charge in [-0.2, -0.15) is 12.8 Å². The van der Waals surface area contributed by atoms with Gasteiger partial charge >= 0.3 is 0 Å². The molecule has 7 heteroatoms. The van der Waals surface area contributed by atoms with Gasteiger partial charge in [0.05, 0.1) is 31.4 Å². The van der Waals surface area contributed by atoms with Gasteiger partial charge in [-0.25, -0.2) is 0 Å². The summed E-state index contributed by atoms with van der Waals surface area (Å²) in [6.45, 7) is 1.03. The Balaban J connectivity index is 1.90. The first-order valence-electron chi connectivity index (χ1n) is 7.43. The molecule has 1 heterocycles. The number of hydrogen-bond acceptors (Lipinski definition) is 5. The third kappa shape index (κ3) is 3.51. The summed E-state index contributed by atoms with van der Waals surface area (Å²) in [5, 5.41) is 0. The molecular formula is C17H17NO5S. The maximum absolute atomic E-state index is 12.4. The van der Waals surface area contributed by atoms with Crippen LogP contribution < -0.4 is 14.2 Å². The van der Waals surface area contributed by atoms with E-state index < -0.39 is 10.0 Å². The summed E-state index contributed by atoms with van der Waals surface area (Å²) in [4.78, 5) is 0.0536. The number of methoxy groups -OCH3 is 1. The Morgan fingerprint density at radius 2 is 1.83 bits per heavy atom. The molecule has 0 saturated heterocycles. The third-order valence-corrected chi connectivity index (χ3v) is 4.72. The van der Waals surface area contributed by atoms with Crippen molar-refractivity contribution in [2.45, 2.75) is 11.3 Å². The number of fused-ring (bicyclic) bond motifs is 1. The average molecular weight is 347 g/mol. The fraction of sp³-hybridized carbons (Fsp3) is 0.235. The van der Waals surface area contributed by atoms with Crippen LogP contribution in [0, 0.1) is 0 Å². The predicted octanol–water partition coefficient (Wildman–Crippen LogP) is 2.66. The van der Waals surface area contributed by atoms with E-state index in [1.54, 1.807) is 30.3 Å². The highest BCUT2D eigenvalue weighted by Crippen LogP contribution is 2.32. The van der Waals surface area contributed by atoms with Crippen molar-refractivity contribution < 1.29 is 22.6 Å². The van der Waals surface area contributed by atoms with Gasteiger partial charge in [0.2, 0.25) is 0 Å². The summed E-state index contributed by atoms with van der Waals surface area (Å²) in [7, 11) is -2.33. The van der Waals surface area contributed by atoms with Crippen LogP contribution in [0.1, 0.15) is 12.0 Å². The zero-order valence-electron chi connectivity index (χ0n) is 13.1. The van der Waals surface area contributed by atoms with Gasteiger partial charge in [-0.05, 0) is 24.3 Å². The normalized spacial score (nSPS) is 14.4. The summed E-state index contributed by atoms with van der Waals surface area (Å²) < 4.78 is 44.8. The minimum Gasteiger partial charge on any atom is -0.496 e. The zero-order valence-corrected chi connectivity index (χ0v) is 14.0. The van der Waals surface area contributed by atoms with Crippen LogP contribution in [0.25, 0.3) is 0 Å². The Morgan fingerprint density at radius 3 is 2.62 bits per heavy atom. The van der Waals surface area contributed by atoms with Crippen molar-refractivity contribution in [1.29, 1.82) is 0 Å². The monoisotopic (exact) mass is 347 g/mol. The number of ether oxygens (including phenoxy) is 3. The fourth-order valence-corrected chi connectivity index (χ4v) is 3.13. The number of sulfonamides is 1. The van der Waals surface area contributed by atoms with Gasteiger partial charge < -0.3 is 14.2 Å². The van der Waals surface area contributed by atoms with Crippen molar-refractivity contribution >= 4 is 16.2 Å². The lowest BCUT2D eigenvalue weighted by Crippen LogP contribution is -2.00. The van der Waals surface area contributed by atoms with Crippen LogP contribution in [-0.4, -0.2) is 35.0 Å². The van der Waals surface area contributed by atoms with E-state index in [2.05, 4.69) is 4.40 Å². The highest BCUT2D eigenvalue weighted by atomic mass is 32.2. The Labute approximate surface area is 140 Å². The molecule has 0 N–H and O–H groups in total. The van der Waals surface area contributed by atoms with Gasteiger partial charge in [0.1, 0.15) is 5.75 Å². The predicted molar refractivity (Wildman–Crippen MR) is 89.8 cm³/mol. The van der Waals surface area contributed by atoms with Crippen LogP contribution in [0.3, 0.4) is 0 Å². The van der Waals surface area contributed by atoms with E-state index >= 15 is 0 Å². The first kappa shape index (κ1) is 16.3. The van der Waals surface area contributed by atoms with Gasteiger partial charge in [-0.15, -0.1) is 0 Å². The largest absolute Gasteiger partial charge is 0.496 e. The van der Waals surface area contributed by atoms with Crippen LogP contribution in [0.4, 0.5) is 0 Å². The molecule has 0 fully saturated rings. The molecule has 6 nitrogen and oxygen atoms in total. The Bertz CT molecular complexity index is 861. The highest BCUT2D eigenvalue weighted by Gasteiger charge is 2.17. The second kappa shape index (κ2) is 6.92. The molecule has 0 radical (unpaired) electrons. The molecule has 0 bridgehead atoms. The van der Waals surface area contributed by atoms with E-state index in [9.17, 15) is 8.42 Å². The number of rotatable bonds is 4. The van der Waals surface area contributed by atoms with Crippen molar-refractivity contribution in [1.82, 2.24) is 0 Å². The van der Waals surface area contributed by atoms with Crippen molar-refractivity contribution in [2.24, 2.45) is 4.40 Å². The van der Waals surface area contributed by atoms with E-state index in [1.165, 1.54) is 25.5 Å². The molecule has 0 unspecified atom stereocenters. The van der Waals surface area contributed by atoms with Gasteiger partial charge in [-0.1, -0.05) is 12.1 Å². The smallest absolute Gasteiger partial charge is 0.282 e. The molecule has 0 saturated carbocycles. The SMILES string of the molecule is COc1ccccc1C=NS(=O)(=O)c1ccc2c(c1)OCCCO2. The average Bonchev–Trinajstić information content (AvgIpc) is 2.85. The molecule has 126 valence electrons. The molecule has 0 atom stereocenters. The van der Waals surface area contributed by atoms with E-state index in [-0.39, 0.29) is 4.90 Å². The molecular weight excluding hydrogens is 330 g/mol. The lowest BCUT2D eigenvalue weighted by atomic mass is 10.2. The molecule has 2 aromatic rings. The first-order chi connectivity index (χ1) is 11.6. The second-order valence-corrected chi connectivity index (χ2v) is 6.74. The molecule has 0 aliphatic carbocycles. The molecule has 0 spiro atoms. The second-order valence-electron chi connectivity index (χ2n) is 5.11. The summed E-state index contributed by atoms with van der Waals surface area (Å²) in [6, 6.07) is 11.5. The Kier molecular flexibility index (Phi) is 4.71. The third-order valence-electron chi connectivity index (χ3n) is 3.49. The fourth-order valence-electron chi connectivity index (χ4n) is 2.26. The minimum atomic E-state index is -3.85. The zero-order chi connectivity index (χ0) is 17.0. The van der Waals surface area contributed by atoms with Crippen molar-refractivity contribution in [2.75, 3.05) is 20.3 Å². The Hall–Kier alpha value is -2.54. The van der Waals surface area contributed by atoms with Crippen molar-refractivity contribution in [3.8, 4) is 17.2 Å². The van der Waals surface area contributed by atoms with E-state index in [0.29, 0.717) is 36.0 Å².